The monoisotopic (exact) mass is 450 g/mol. The van der Waals surface area contributed by atoms with Crippen molar-refractivity contribution < 1.29 is 23.7 Å². The van der Waals surface area contributed by atoms with E-state index in [-0.39, 0.29) is 24.5 Å². The Balaban J connectivity index is 1.57. The van der Waals surface area contributed by atoms with Gasteiger partial charge in [-0.15, -0.1) is 0 Å². The molecule has 1 saturated heterocycles. The fraction of sp³-hybridized carbons (Fsp3) is 0.333. The third-order valence-corrected chi connectivity index (χ3v) is 5.80. The molecule has 172 valence electrons. The first-order chi connectivity index (χ1) is 16.0. The molecule has 2 aromatic carbocycles. The van der Waals surface area contributed by atoms with E-state index in [1.165, 1.54) is 0 Å². The lowest BCUT2D eigenvalue weighted by Crippen LogP contribution is -2.52. The number of hydrogen-bond acceptors (Lipinski definition) is 7. The summed E-state index contributed by atoms with van der Waals surface area (Å²) in [5.74, 6) is 0.929. The van der Waals surface area contributed by atoms with Gasteiger partial charge in [0.05, 0.1) is 18.7 Å². The highest BCUT2D eigenvalue weighted by Crippen LogP contribution is 2.33. The average molecular weight is 450 g/mol. The second kappa shape index (κ2) is 9.72. The molecule has 0 N–H and O–H groups in total. The number of piperazine rings is 1. The van der Waals surface area contributed by atoms with E-state index in [1.54, 1.807) is 49.0 Å². The minimum absolute atomic E-state index is 0.0432. The van der Waals surface area contributed by atoms with Crippen molar-refractivity contribution in [3.8, 4) is 11.5 Å². The molecular formula is C24H26N4O5. The van der Waals surface area contributed by atoms with Crippen LogP contribution in [0, 0.1) is 6.92 Å². The van der Waals surface area contributed by atoms with Gasteiger partial charge in [0.1, 0.15) is 29.5 Å². The van der Waals surface area contributed by atoms with Gasteiger partial charge < -0.3 is 19.3 Å². The first-order valence-electron chi connectivity index (χ1n) is 10.7. The smallest absolute Gasteiger partial charge is 0.257 e. The first kappa shape index (κ1) is 22.3. The molecule has 0 radical (unpaired) electrons. The van der Waals surface area contributed by atoms with Crippen LogP contribution in [0.3, 0.4) is 0 Å². The minimum Gasteiger partial charge on any atom is -0.496 e. The Bertz CT molecular complexity index is 1150. The molecule has 1 atom stereocenters. The van der Waals surface area contributed by atoms with Gasteiger partial charge in [0.15, 0.2) is 0 Å². The second-order valence-electron chi connectivity index (χ2n) is 7.80. The predicted octanol–water partition coefficient (Wildman–Crippen LogP) is 3.01. The standard InChI is InChI=1S/C24H26N4O5/c1-16-20(26-33-25-16)15-32-23-11-7-5-9-19(23)24(30)27-12-13-28(17(2)29)21(14-27)18-8-4-6-10-22(18)31-3/h4-11,21H,12-15H2,1-3H3/t21-/m1/s1. The Hall–Kier alpha value is -3.88. The fourth-order valence-electron chi connectivity index (χ4n) is 4.02. The van der Waals surface area contributed by atoms with Crippen LogP contribution in [0.25, 0.3) is 0 Å². The molecule has 0 bridgehead atoms. The predicted molar refractivity (Wildman–Crippen MR) is 119 cm³/mol. The summed E-state index contributed by atoms with van der Waals surface area (Å²) in [5, 5.41) is 7.57. The zero-order valence-corrected chi connectivity index (χ0v) is 18.9. The SMILES string of the molecule is COc1ccccc1[C@H]1CN(C(=O)c2ccccc2OCc2nonc2C)CCN1C(C)=O. The van der Waals surface area contributed by atoms with Gasteiger partial charge in [0, 0.05) is 32.1 Å². The number of benzene rings is 2. The molecule has 2 amide bonds. The van der Waals surface area contributed by atoms with Gasteiger partial charge in [-0.3, -0.25) is 9.59 Å². The molecule has 3 aromatic rings. The van der Waals surface area contributed by atoms with E-state index in [0.717, 1.165) is 5.56 Å². The summed E-state index contributed by atoms with van der Waals surface area (Å²) in [6.07, 6.45) is 0. The molecule has 0 spiro atoms. The molecule has 4 rings (SSSR count). The minimum atomic E-state index is -0.312. The van der Waals surface area contributed by atoms with Crippen LogP contribution in [-0.2, 0) is 11.4 Å². The van der Waals surface area contributed by atoms with Gasteiger partial charge in [-0.25, -0.2) is 4.63 Å². The van der Waals surface area contributed by atoms with Crippen LogP contribution in [0.1, 0.15) is 40.3 Å². The molecule has 1 aliphatic rings. The van der Waals surface area contributed by atoms with E-state index in [2.05, 4.69) is 10.3 Å². The molecule has 9 nitrogen and oxygen atoms in total. The Kier molecular flexibility index (Phi) is 6.58. The maximum atomic E-state index is 13.5. The molecule has 0 saturated carbocycles. The highest BCUT2D eigenvalue weighted by Gasteiger charge is 2.34. The van der Waals surface area contributed by atoms with Crippen LogP contribution < -0.4 is 9.47 Å². The highest BCUT2D eigenvalue weighted by molar-refractivity contribution is 5.97. The van der Waals surface area contributed by atoms with Crippen molar-refractivity contribution in [3.05, 3.63) is 71.0 Å². The maximum absolute atomic E-state index is 13.5. The number of methoxy groups -OCH3 is 1. The van der Waals surface area contributed by atoms with Gasteiger partial charge in [-0.1, -0.05) is 40.6 Å². The molecule has 33 heavy (non-hydrogen) atoms. The van der Waals surface area contributed by atoms with Gasteiger partial charge in [-0.05, 0) is 25.1 Å². The summed E-state index contributed by atoms with van der Waals surface area (Å²) in [7, 11) is 1.60. The number of hydrogen-bond donors (Lipinski definition) is 0. The molecule has 1 aliphatic heterocycles. The zero-order chi connectivity index (χ0) is 23.4. The van der Waals surface area contributed by atoms with Crippen molar-refractivity contribution in [3.63, 3.8) is 0 Å². The fourth-order valence-corrected chi connectivity index (χ4v) is 4.02. The molecule has 0 unspecified atom stereocenters. The Morgan fingerprint density at radius 1 is 1.06 bits per heavy atom. The van der Waals surface area contributed by atoms with Crippen LogP contribution in [0.15, 0.2) is 53.2 Å². The number of rotatable bonds is 6. The van der Waals surface area contributed by atoms with Gasteiger partial charge in [-0.2, -0.15) is 0 Å². The molecule has 9 heteroatoms. The maximum Gasteiger partial charge on any atom is 0.257 e. The molecular weight excluding hydrogens is 424 g/mol. The highest BCUT2D eigenvalue weighted by atomic mass is 16.6. The second-order valence-corrected chi connectivity index (χ2v) is 7.80. The summed E-state index contributed by atoms with van der Waals surface area (Å²) in [5.41, 5.74) is 2.52. The van der Waals surface area contributed by atoms with Crippen LogP contribution in [0.5, 0.6) is 11.5 Å². The van der Waals surface area contributed by atoms with E-state index in [0.29, 0.717) is 48.1 Å². The number of ether oxygens (including phenoxy) is 2. The van der Waals surface area contributed by atoms with Gasteiger partial charge in [0.2, 0.25) is 5.91 Å². The Labute approximate surface area is 191 Å². The topological polar surface area (TPSA) is 98.0 Å². The van der Waals surface area contributed by atoms with Crippen LogP contribution in [-0.4, -0.2) is 58.7 Å². The lowest BCUT2D eigenvalue weighted by atomic mass is 10.00. The molecule has 1 fully saturated rings. The van der Waals surface area contributed by atoms with E-state index < -0.39 is 0 Å². The largest absolute Gasteiger partial charge is 0.496 e. The van der Waals surface area contributed by atoms with Crippen molar-refractivity contribution in [2.75, 3.05) is 26.7 Å². The van der Waals surface area contributed by atoms with E-state index in [4.69, 9.17) is 14.1 Å². The molecule has 0 aliphatic carbocycles. The number of amides is 2. The summed E-state index contributed by atoms with van der Waals surface area (Å²) in [4.78, 5) is 29.4. The van der Waals surface area contributed by atoms with Crippen molar-refractivity contribution in [2.45, 2.75) is 26.5 Å². The first-order valence-corrected chi connectivity index (χ1v) is 10.7. The number of carbonyl (C=O) groups excluding carboxylic acids is 2. The van der Waals surface area contributed by atoms with E-state index >= 15 is 0 Å². The summed E-state index contributed by atoms with van der Waals surface area (Å²) >= 11 is 0. The summed E-state index contributed by atoms with van der Waals surface area (Å²) in [6.45, 7) is 4.66. The van der Waals surface area contributed by atoms with Gasteiger partial charge >= 0.3 is 0 Å². The number of nitrogens with zero attached hydrogens (tertiary/aromatic N) is 4. The van der Waals surface area contributed by atoms with Crippen molar-refractivity contribution in [2.24, 2.45) is 0 Å². The van der Waals surface area contributed by atoms with Crippen molar-refractivity contribution >= 4 is 11.8 Å². The number of aryl methyl sites for hydroxylation is 1. The lowest BCUT2D eigenvalue weighted by molar-refractivity contribution is -0.133. The van der Waals surface area contributed by atoms with Crippen LogP contribution in [0.4, 0.5) is 0 Å². The average Bonchev–Trinajstić information content (AvgIpc) is 3.26. The van der Waals surface area contributed by atoms with Crippen LogP contribution >= 0.6 is 0 Å². The summed E-state index contributed by atoms with van der Waals surface area (Å²) < 4.78 is 16.1. The van der Waals surface area contributed by atoms with Crippen molar-refractivity contribution in [1.82, 2.24) is 20.1 Å². The number of aromatic nitrogens is 2. The Morgan fingerprint density at radius 2 is 1.79 bits per heavy atom. The third-order valence-electron chi connectivity index (χ3n) is 5.80. The van der Waals surface area contributed by atoms with Crippen LogP contribution in [0.2, 0.25) is 0 Å². The molecule has 1 aromatic heterocycles. The number of carbonyl (C=O) groups is 2. The van der Waals surface area contributed by atoms with E-state index in [9.17, 15) is 9.59 Å². The molecule has 2 heterocycles. The zero-order valence-electron chi connectivity index (χ0n) is 18.9. The van der Waals surface area contributed by atoms with Gasteiger partial charge in [0.25, 0.3) is 5.91 Å². The normalized spacial score (nSPS) is 15.9. The van der Waals surface area contributed by atoms with E-state index in [1.807, 2.05) is 30.3 Å². The van der Waals surface area contributed by atoms with Crippen molar-refractivity contribution in [1.29, 1.82) is 0 Å². The third kappa shape index (κ3) is 4.67. The lowest BCUT2D eigenvalue weighted by Gasteiger charge is -2.41. The quantitative estimate of drug-likeness (QED) is 0.569. The Morgan fingerprint density at radius 3 is 2.48 bits per heavy atom. The number of para-hydroxylation sites is 2. The summed E-state index contributed by atoms with van der Waals surface area (Å²) in [6, 6.07) is 14.4.